The summed E-state index contributed by atoms with van der Waals surface area (Å²) in [5, 5.41) is 5.56. The number of carbonyl (C=O) groups is 2. The number of carbonyl (C=O) groups excluding carboxylic acids is 2. The molecule has 1 unspecified atom stereocenters. The van der Waals surface area contributed by atoms with Crippen LogP contribution in [0, 0.1) is 0 Å². The SMILES string of the molecule is CC(=O)CCCCC[C@H](N[S+]([O-])c1cccc2cnccc12)C(=O)Nc1cnc2ccccc2c1. The van der Waals surface area contributed by atoms with Gasteiger partial charge < -0.3 is 14.7 Å². The molecule has 0 aliphatic carbocycles. The molecule has 0 fully saturated rings. The van der Waals surface area contributed by atoms with E-state index in [1.165, 1.54) is 0 Å². The molecule has 2 aromatic carbocycles. The summed E-state index contributed by atoms with van der Waals surface area (Å²) in [6.45, 7) is 1.58. The normalized spacial score (nSPS) is 13.0. The molecule has 35 heavy (non-hydrogen) atoms. The Morgan fingerprint density at radius 1 is 1.00 bits per heavy atom. The zero-order valence-corrected chi connectivity index (χ0v) is 20.4. The molecular weight excluding hydrogens is 460 g/mol. The Morgan fingerprint density at radius 3 is 2.69 bits per heavy atom. The fourth-order valence-electron chi connectivity index (χ4n) is 3.96. The standard InChI is InChI=1S/C27H28N4O3S/c1-19(32)8-3-2-4-12-25(27(33)30-22-16-20-9-5-6-11-24(20)29-18-22)31-35(34)26-13-7-10-21-17-28-15-14-23(21)26/h5-7,9-11,13-18,25,31H,2-4,8,12H2,1H3,(H,30,33)/t25-,35?/m0/s1. The highest BCUT2D eigenvalue weighted by molar-refractivity contribution is 7.89. The monoisotopic (exact) mass is 488 g/mol. The number of unbranched alkanes of at least 4 members (excludes halogenated alkanes) is 2. The van der Waals surface area contributed by atoms with Gasteiger partial charge in [-0.05, 0) is 44.0 Å². The zero-order valence-electron chi connectivity index (χ0n) is 19.6. The van der Waals surface area contributed by atoms with Crippen LogP contribution < -0.4 is 10.0 Å². The molecule has 7 nitrogen and oxygen atoms in total. The Balaban J connectivity index is 1.49. The summed E-state index contributed by atoms with van der Waals surface area (Å²) in [7, 11) is 0. The average Bonchev–Trinajstić information content (AvgIpc) is 2.87. The quantitative estimate of drug-likeness (QED) is 0.229. The van der Waals surface area contributed by atoms with Gasteiger partial charge in [-0.2, -0.15) is 0 Å². The second-order valence-corrected chi connectivity index (χ2v) is 9.71. The molecule has 0 aliphatic rings. The first-order valence-electron chi connectivity index (χ1n) is 11.7. The van der Waals surface area contributed by atoms with Crippen molar-refractivity contribution >= 4 is 50.4 Å². The van der Waals surface area contributed by atoms with E-state index in [1.54, 1.807) is 31.6 Å². The molecule has 1 amide bonds. The Morgan fingerprint density at radius 2 is 1.83 bits per heavy atom. The van der Waals surface area contributed by atoms with E-state index in [1.807, 2.05) is 48.5 Å². The maximum atomic E-state index is 13.3. The Labute approximate surface area is 207 Å². The topological polar surface area (TPSA) is 107 Å². The first-order chi connectivity index (χ1) is 17.0. The van der Waals surface area contributed by atoms with Crippen LogP contribution in [0.5, 0.6) is 0 Å². The molecule has 0 bridgehead atoms. The number of benzene rings is 2. The first-order valence-corrected chi connectivity index (χ1v) is 12.8. The number of amides is 1. The molecule has 0 saturated heterocycles. The minimum atomic E-state index is -1.61. The van der Waals surface area contributed by atoms with Gasteiger partial charge in [0.2, 0.25) is 5.91 Å². The Hall–Kier alpha value is -3.33. The van der Waals surface area contributed by atoms with Crippen LogP contribution in [0.3, 0.4) is 0 Å². The van der Waals surface area contributed by atoms with E-state index in [2.05, 4.69) is 20.0 Å². The van der Waals surface area contributed by atoms with Crippen molar-refractivity contribution in [3.05, 3.63) is 73.2 Å². The molecule has 180 valence electrons. The van der Waals surface area contributed by atoms with Gasteiger partial charge in [-0.3, -0.25) is 14.8 Å². The van der Waals surface area contributed by atoms with E-state index in [9.17, 15) is 14.1 Å². The van der Waals surface area contributed by atoms with Gasteiger partial charge in [0.05, 0.1) is 28.8 Å². The maximum absolute atomic E-state index is 13.3. The molecule has 0 aliphatic heterocycles. The van der Waals surface area contributed by atoms with E-state index in [0.29, 0.717) is 23.4 Å². The number of nitrogens with one attached hydrogen (secondary N) is 2. The van der Waals surface area contributed by atoms with Crippen LogP contribution in [0.4, 0.5) is 5.69 Å². The molecule has 0 saturated carbocycles. The molecule has 4 rings (SSSR count). The largest absolute Gasteiger partial charge is 0.593 e. The highest BCUT2D eigenvalue weighted by Crippen LogP contribution is 2.23. The second-order valence-electron chi connectivity index (χ2n) is 8.50. The Kier molecular flexibility index (Phi) is 8.41. The lowest BCUT2D eigenvalue weighted by Crippen LogP contribution is -2.43. The van der Waals surface area contributed by atoms with E-state index in [-0.39, 0.29) is 11.7 Å². The van der Waals surface area contributed by atoms with Crippen LogP contribution in [0.25, 0.3) is 21.7 Å². The molecule has 2 aromatic heterocycles. The average molecular weight is 489 g/mol. The van der Waals surface area contributed by atoms with Crippen LogP contribution in [0.2, 0.25) is 0 Å². The predicted molar refractivity (Wildman–Crippen MR) is 139 cm³/mol. The van der Waals surface area contributed by atoms with Gasteiger partial charge in [-0.25, -0.2) is 0 Å². The summed E-state index contributed by atoms with van der Waals surface area (Å²) in [5.74, 6) is -0.114. The third-order valence-electron chi connectivity index (χ3n) is 5.79. The van der Waals surface area contributed by atoms with Gasteiger partial charge in [0.25, 0.3) is 0 Å². The van der Waals surface area contributed by atoms with Crippen molar-refractivity contribution in [2.75, 3.05) is 5.32 Å². The van der Waals surface area contributed by atoms with Crippen molar-refractivity contribution in [2.24, 2.45) is 0 Å². The lowest BCUT2D eigenvalue weighted by molar-refractivity contribution is -0.118. The van der Waals surface area contributed by atoms with E-state index >= 15 is 0 Å². The Bertz CT molecular complexity index is 1320. The number of hydrogen-bond donors (Lipinski definition) is 2. The van der Waals surface area contributed by atoms with Gasteiger partial charge in [-0.15, -0.1) is 4.72 Å². The molecular formula is C27H28N4O3S. The van der Waals surface area contributed by atoms with Gasteiger partial charge in [-0.1, -0.05) is 43.2 Å². The lowest BCUT2D eigenvalue weighted by Gasteiger charge is -2.20. The van der Waals surface area contributed by atoms with Crippen LogP contribution >= 0.6 is 0 Å². The number of aromatic nitrogens is 2. The zero-order chi connectivity index (χ0) is 24.6. The minimum absolute atomic E-state index is 0.160. The molecule has 0 radical (unpaired) electrons. The summed E-state index contributed by atoms with van der Waals surface area (Å²) in [6.07, 6.45) is 8.35. The van der Waals surface area contributed by atoms with E-state index in [0.717, 1.165) is 40.9 Å². The van der Waals surface area contributed by atoms with Gasteiger partial charge >= 0.3 is 0 Å². The van der Waals surface area contributed by atoms with Crippen molar-refractivity contribution in [1.29, 1.82) is 0 Å². The summed E-state index contributed by atoms with van der Waals surface area (Å²) in [5.41, 5.74) is 1.43. The van der Waals surface area contributed by atoms with Crippen LogP contribution in [-0.4, -0.2) is 32.3 Å². The van der Waals surface area contributed by atoms with Crippen molar-refractivity contribution in [1.82, 2.24) is 14.7 Å². The molecule has 0 spiro atoms. The lowest BCUT2D eigenvalue weighted by atomic mass is 10.1. The number of fused-ring (bicyclic) bond motifs is 2. The molecule has 2 atom stereocenters. The number of Topliss-reactive ketones (excluding diaryl/α,β-unsaturated/α-hetero) is 1. The van der Waals surface area contributed by atoms with Crippen molar-refractivity contribution in [3.63, 3.8) is 0 Å². The second kappa shape index (κ2) is 11.9. The minimum Gasteiger partial charge on any atom is -0.593 e. The number of hydrogen-bond acceptors (Lipinski definition) is 6. The van der Waals surface area contributed by atoms with Crippen molar-refractivity contribution in [3.8, 4) is 0 Å². The summed E-state index contributed by atoms with van der Waals surface area (Å²) < 4.78 is 16.4. The fraction of sp³-hybridized carbons (Fsp3) is 0.259. The summed E-state index contributed by atoms with van der Waals surface area (Å²) in [6, 6.07) is 16.2. The highest BCUT2D eigenvalue weighted by atomic mass is 32.2. The third-order valence-corrected chi connectivity index (χ3v) is 7.04. The maximum Gasteiger partial charge on any atom is 0.246 e. The number of pyridine rings is 2. The number of para-hydroxylation sites is 1. The van der Waals surface area contributed by atoms with Gasteiger partial charge in [0, 0.05) is 35.0 Å². The van der Waals surface area contributed by atoms with E-state index in [4.69, 9.17) is 0 Å². The number of ketones is 1. The number of rotatable bonds is 11. The highest BCUT2D eigenvalue weighted by Gasteiger charge is 2.26. The first kappa shape index (κ1) is 24.8. The van der Waals surface area contributed by atoms with Crippen molar-refractivity contribution < 1.29 is 14.1 Å². The number of nitrogens with zero attached hydrogens (tertiary/aromatic N) is 2. The smallest absolute Gasteiger partial charge is 0.246 e. The van der Waals surface area contributed by atoms with Crippen LogP contribution in [0.1, 0.15) is 39.0 Å². The third kappa shape index (κ3) is 6.63. The molecule has 2 N–H and O–H groups in total. The molecule has 2 heterocycles. The summed E-state index contributed by atoms with van der Waals surface area (Å²) >= 11 is -1.61. The molecule has 4 aromatic rings. The fourth-order valence-corrected chi connectivity index (χ4v) is 5.16. The van der Waals surface area contributed by atoms with Crippen molar-refractivity contribution in [2.45, 2.75) is 50.0 Å². The predicted octanol–water partition coefficient (Wildman–Crippen LogP) is 4.94. The van der Waals surface area contributed by atoms with Gasteiger partial charge in [0.15, 0.2) is 4.90 Å². The van der Waals surface area contributed by atoms with Gasteiger partial charge in [0.1, 0.15) is 11.8 Å². The van der Waals surface area contributed by atoms with Crippen LogP contribution in [-0.2, 0) is 21.0 Å². The number of anilines is 1. The molecule has 8 heteroatoms. The van der Waals surface area contributed by atoms with Crippen LogP contribution in [0.15, 0.2) is 78.1 Å². The van der Waals surface area contributed by atoms with E-state index < -0.39 is 17.4 Å². The summed E-state index contributed by atoms with van der Waals surface area (Å²) in [4.78, 5) is 33.6.